The summed E-state index contributed by atoms with van der Waals surface area (Å²) < 4.78 is 27.3. The van der Waals surface area contributed by atoms with Gasteiger partial charge in [0.15, 0.2) is 0 Å². The van der Waals surface area contributed by atoms with E-state index in [2.05, 4.69) is 5.43 Å². The second-order valence-corrected chi connectivity index (χ2v) is 4.76. The molecule has 0 heterocycles. The molecule has 0 saturated carbocycles. The van der Waals surface area contributed by atoms with Crippen molar-refractivity contribution in [2.75, 3.05) is 0 Å². The first-order valence-electron chi connectivity index (χ1n) is 5.69. The zero-order valence-electron chi connectivity index (χ0n) is 10.3. The number of rotatable bonds is 3. The van der Waals surface area contributed by atoms with Gasteiger partial charge in [-0.2, -0.15) is 0 Å². The lowest BCUT2D eigenvalue weighted by atomic mass is 9.97. The van der Waals surface area contributed by atoms with E-state index in [0.717, 1.165) is 5.56 Å². The highest BCUT2D eigenvalue weighted by atomic mass is 35.5. The van der Waals surface area contributed by atoms with Gasteiger partial charge in [0.05, 0.1) is 6.04 Å². The van der Waals surface area contributed by atoms with Crippen LogP contribution in [-0.2, 0) is 0 Å². The van der Waals surface area contributed by atoms with Gasteiger partial charge in [-0.15, -0.1) is 0 Å². The fourth-order valence-electron chi connectivity index (χ4n) is 2.03. The summed E-state index contributed by atoms with van der Waals surface area (Å²) in [5.74, 6) is 4.60. The lowest BCUT2D eigenvalue weighted by Gasteiger charge is -2.18. The lowest BCUT2D eigenvalue weighted by Crippen LogP contribution is -2.29. The summed E-state index contributed by atoms with van der Waals surface area (Å²) in [4.78, 5) is 0. The van der Waals surface area contributed by atoms with E-state index < -0.39 is 11.9 Å². The van der Waals surface area contributed by atoms with Gasteiger partial charge in [0, 0.05) is 10.6 Å². The number of halogens is 3. The normalized spacial score (nSPS) is 12.5. The standard InChI is InChI=1S/C14H13ClF2N2/c1-8-4-9(6-11(16)5-8)14(19-18)12-3-2-10(15)7-13(12)17/h2-7,14,19H,18H2,1H3. The van der Waals surface area contributed by atoms with Crippen molar-refractivity contribution in [1.29, 1.82) is 0 Å². The number of aryl methyl sites for hydroxylation is 1. The molecule has 0 amide bonds. The minimum absolute atomic E-state index is 0.299. The zero-order valence-corrected chi connectivity index (χ0v) is 11.0. The number of nitrogens with one attached hydrogen (secondary N) is 1. The summed E-state index contributed by atoms with van der Waals surface area (Å²) in [5, 5.41) is 0.299. The van der Waals surface area contributed by atoms with Crippen LogP contribution in [0.2, 0.25) is 5.02 Å². The summed E-state index contributed by atoms with van der Waals surface area (Å²) >= 11 is 5.71. The Kier molecular flexibility index (Phi) is 4.14. The quantitative estimate of drug-likeness (QED) is 0.668. The van der Waals surface area contributed by atoms with Gasteiger partial charge in [-0.1, -0.05) is 23.7 Å². The lowest BCUT2D eigenvalue weighted by molar-refractivity contribution is 0.555. The molecule has 1 unspecified atom stereocenters. The summed E-state index contributed by atoms with van der Waals surface area (Å²) in [6.07, 6.45) is 0. The molecule has 100 valence electrons. The van der Waals surface area contributed by atoms with Gasteiger partial charge in [-0.05, 0) is 42.3 Å². The molecule has 0 aliphatic carbocycles. The predicted molar refractivity (Wildman–Crippen MR) is 71.7 cm³/mol. The van der Waals surface area contributed by atoms with Crippen LogP contribution in [0.5, 0.6) is 0 Å². The molecule has 2 nitrogen and oxygen atoms in total. The highest BCUT2D eigenvalue weighted by Gasteiger charge is 2.17. The Morgan fingerprint density at radius 1 is 1.16 bits per heavy atom. The molecule has 0 radical (unpaired) electrons. The Balaban J connectivity index is 2.49. The molecule has 3 N–H and O–H groups in total. The fraction of sp³-hybridized carbons (Fsp3) is 0.143. The molecular formula is C14H13ClF2N2. The van der Waals surface area contributed by atoms with Crippen molar-refractivity contribution in [3.63, 3.8) is 0 Å². The minimum Gasteiger partial charge on any atom is -0.271 e. The molecule has 0 fully saturated rings. The van der Waals surface area contributed by atoms with Crippen molar-refractivity contribution in [3.8, 4) is 0 Å². The largest absolute Gasteiger partial charge is 0.271 e. The smallest absolute Gasteiger partial charge is 0.129 e. The van der Waals surface area contributed by atoms with E-state index >= 15 is 0 Å². The van der Waals surface area contributed by atoms with Crippen molar-refractivity contribution in [2.45, 2.75) is 13.0 Å². The van der Waals surface area contributed by atoms with Crippen LogP contribution in [-0.4, -0.2) is 0 Å². The van der Waals surface area contributed by atoms with Crippen molar-refractivity contribution in [3.05, 3.63) is 69.7 Å². The van der Waals surface area contributed by atoms with Crippen LogP contribution in [0.3, 0.4) is 0 Å². The summed E-state index contributed by atoms with van der Waals surface area (Å²) in [6.45, 7) is 1.76. The second kappa shape index (κ2) is 5.65. The molecule has 19 heavy (non-hydrogen) atoms. The topological polar surface area (TPSA) is 38.0 Å². The summed E-state index contributed by atoms with van der Waals surface area (Å²) in [6, 6.07) is 8.14. The van der Waals surface area contributed by atoms with Crippen molar-refractivity contribution in [1.82, 2.24) is 5.43 Å². The third-order valence-corrected chi connectivity index (χ3v) is 3.07. The highest BCUT2D eigenvalue weighted by molar-refractivity contribution is 6.30. The molecule has 5 heteroatoms. The van der Waals surface area contributed by atoms with Crippen molar-refractivity contribution in [2.24, 2.45) is 5.84 Å². The highest BCUT2D eigenvalue weighted by Crippen LogP contribution is 2.27. The van der Waals surface area contributed by atoms with Crippen LogP contribution in [0.4, 0.5) is 8.78 Å². The maximum Gasteiger partial charge on any atom is 0.129 e. The average molecular weight is 283 g/mol. The van der Waals surface area contributed by atoms with E-state index in [4.69, 9.17) is 17.4 Å². The van der Waals surface area contributed by atoms with Gasteiger partial charge < -0.3 is 0 Å². The molecular weight excluding hydrogens is 270 g/mol. The maximum absolute atomic E-state index is 13.9. The van der Waals surface area contributed by atoms with Crippen LogP contribution in [0.25, 0.3) is 0 Å². The van der Waals surface area contributed by atoms with E-state index in [1.165, 1.54) is 24.3 Å². The first-order chi connectivity index (χ1) is 9.01. The number of benzene rings is 2. The fourth-order valence-corrected chi connectivity index (χ4v) is 2.19. The van der Waals surface area contributed by atoms with E-state index in [1.807, 2.05) is 0 Å². The Morgan fingerprint density at radius 3 is 2.47 bits per heavy atom. The van der Waals surface area contributed by atoms with E-state index in [9.17, 15) is 8.78 Å². The van der Waals surface area contributed by atoms with Crippen molar-refractivity contribution < 1.29 is 8.78 Å². The summed E-state index contributed by atoms with van der Waals surface area (Å²) in [5.41, 5.74) is 4.11. The van der Waals surface area contributed by atoms with Gasteiger partial charge in [0.2, 0.25) is 0 Å². The van der Waals surface area contributed by atoms with E-state index in [0.29, 0.717) is 16.1 Å². The Labute approximate surface area is 115 Å². The number of hydrazine groups is 1. The molecule has 2 aromatic carbocycles. The third-order valence-electron chi connectivity index (χ3n) is 2.84. The average Bonchev–Trinajstić information content (AvgIpc) is 2.31. The Bertz CT molecular complexity index is 582. The Hall–Kier alpha value is -1.49. The summed E-state index contributed by atoms with van der Waals surface area (Å²) in [7, 11) is 0. The van der Waals surface area contributed by atoms with Crippen LogP contribution < -0.4 is 11.3 Å². The molecule has 0 spiro atoms. The molecule has 0 aliphatic rings. The van der Waals surface area contributed by atoms with Gasteiger partial charge in [-0.25, -0.2) is 14.2 Å². The molecule has 0 aromatic heterocycles. The molecule has 2 rings (SSSR count). The van der Waals surface area contributed by atoms with E-state index in [1.54, 1.807) is 19.1 Å². The molecule has 0 bridgehead atoms. The van der Waals surface area contributed by atoms with Crippen LogP contribution in [0, 0.1) is 18.6 Å². The Morgan fingerprint density at radius 2 is 1.89 bits per heavy atom. The molecule has 0 saturated heterocycles. The maximum atomic E-state index is 13.9. The number of hydrogen-bond acceptors (Lipinski definition) is 2. The van der Waals surface area contributed by atoms with E-state index in [-0.39, 0.29) is 5.82 Å². The monoisotopic (exact) mass is 282 g/mol. The molecule has 1 atom stereocenters. The first-order valence-corrected chi connectivity index (χ1v) is 6.07. The second-order valence-electron chi connectivity index (χ2n) is 4.33. The van der Waals surface area contributed by atoms with Gasteiger partial charge in [0.25, 0.3) is 0 Å². The van der Waals surface area contributed by atoms with Crippen LogP contribution in [0.15, 0.2) is 36.4 Å². The number of nitrogens with two attached hydrogens (primary N) is 1. The first kappa shape index (κ1) is 13.9. The molecule has 0 aliphatic heterocycles. The third kappa shape index (κ3) is 3.10. The predicted octanol–water partition coefficient (Wildman–Crippen LogP) is 3.48. The SMILES string of the molecule is Cc1cc(F)cc(C(NN)c2ccc(Cl)cc2F)c1. The van der Waals surface area contributed by atoms with Crippen molar-refractivity contribution >= 4 is 11.6 Å². The van der Waals surface area contributed by atoms with Gasteiger partial charge in [0.1, 0.15) is 11.6 Å². The number of hydrogen-bond donors (Lipinski definition) is 2. The van der Waals surface area contributed by atoms with Crippen LogP contribution >= 0.6 is 11.6 Å². The van der Waals surface area contributed by atoms with Gasteiger partial charge >= 0.3 is 0 Å². The molecule has 2 aromatic rings. The van der Waals surface area contributed by atoms with Crippen LogP contribution in [0.1, 0.15) is 22.7 Å². The van der Waals surface area contributed by atoms with Gasteiger partial charge in [-0.3, -0.25) is 5.84 Å². The minimum atomic E-state index is -0.633. The zero-order chi connectivity index (χ0) is 14.0.